The Morgan fingerprint density at radius 2 is 1.67 bits per heavy atom. The van der Waals surface area contributed by atoms with Crippen LogP contribution in [0.3, 0.4) is 0 Å². The van der Waals surface area contributed by atoms with Gasteiger partial charge in [-0.3, -0.25) is 14.9 Å². The zero-order chi connectivity index (χ0) is 23.2. The van der Waals surface area contributed by atoms with Crippen molar-refractivity contribution in [2.24, 2.45) is 0 Å². The van der Waals surface area contributed by atoms with Crippen molar-refractivity contribution in [1.29, 1.82) is 0 Å². The van der Waals surface area contributed by atoms with Gasteiger partial charge in [-0.05, 0) is 47.5 Å². The Hall–Kier alpha value is -4.33. The van der Waals surface area contributed by atoms with Gasteiger partial charge in [-0.2, -0.15) is 0 Å². The van der Waals surface area contributed by atoms with Crippen molar-refractivity contribution < 1.29 is 23.9 Å². The highest BCUT2D eigenvalue weighted by Crippen LogP contribution is 2.23. The van der Waals surface area contributed by atoms with Crippen LogP contribution in [0.1, 0.15) is 21.5 Å². The third-order valence-electron chi connectivity index (χ3n) is 5.11. The zero-order valence-electron chi connectivity index (χ0n) is 18.0. The Morgan fingerprint density at radius 1 is 0.970 bits per heavy atom. The highest BCUT2D eigenvalue weighted by atomic mass is 16.5. The highest BCUT2D eigenvalue weighted by Gasteiger charge is 2.27. The lowest BCUT2D eigenvalue weighted by Crippen LogP contribution is -2.28. The number of benzene rings is 3. The van der Waals surface area contributed by atoms with Gasteiger partial charge < -0.3 is 19.7 Å². The van der Waals surface area contributed by atoms with E-state index in [1.165, 1.54) is 12.0 Å². The maximum Gasteiger partial charge on any atom is 0.324 e. The molecule has 1 saturated heterocycles. The fourth-order valence-corrected chi connectivity index (χ4v) is 3.44. The van der Waals surface area contributed by atoms with Crippen molar-refractivity contribution in [3.05, 3.63) is 89.5 Å². The number of rotatable bonds is 8. The Kier molecular flexibility index (Phi) is 6.54. The molecule has 3 aromatic rings. The Morgan fingerprint density at radius 3 is 2.33 bits per heavy atom. The van der Waals surface area contributed by atoms with Gasteiger partial charge in [0.15, 0.2) is 0 Å². The smallest absolute Gasteiger partial charge is 0.324 e. The van der Waals surface area contributed by atoms with E-state index in [0.717, 1.165) is 11.3 Å². The molecule has 0 saturated carbocycles. The van der Waals surface area contributed by atoms with Crippen molar-refractivity contribution in [2.75, 3.05) is 13.7 Å². The molecule has 1 heterocycles. The summed E-state index contributed by atoms with van der Waals surface area (Å²) < 4.78 is 11.1. The molecule has 0 spiro atoms. The molecule has 0 bridgehead atoms. The monoisotopic (exact) mass is 445 g/mol. The molecule has 33 heavy (non-hydrogen) atoms. The number of imide groups is 1. The highest BCUT2D eigenvalue weighted by molar-refractivity contribution is 6.02. The van der Waals surface area contributed by atoms with Crippen LogP contribution >= 0.6 is 0 Å². The number of urea groups is 1. The predicted octanol–water partition coefficient (Wildman–Crippen LogP) is 3.47. The summed E-state index contributed by atoms with van der Waals surface area (Å²) in [6.07, 6.45) is 0. The molecule has 8 heteroatoms. The van der Waals surface area contributed by atoms with Crippen molar-refractivity contribution in [2.45, 2.75) is 13.1 Å². The van der Waals surface area contributed by atoms with Crippen LogP contribution in [-0.2, 0) is 17.9 Å². The molecular weight excluding hydrogens is 422 g/mol. The summed E-state index contributed by atoms with van der Waals surface area (Å²) in [5, 5.41) is 5.13. The van der Waals surface area contributed by atoms with Crippen LogP contribution in [0.5, 0.6) is 17.2 Å². The van der Waals surface area contributed by atoms with E-state index >= 15 is 0 Å². The summed E-state index contributed by atoms with van der Waals surface area (Å²) in [7, 11) is 1.49. The molecule has 4 amide bonds. The fraction of sp³-hybridized carbons (Fsp3) is 0.160. The number of hydrogen-bond acceptors (Lipinski definition) is 5. The second-order valence-corrected chi connectivity index (χ2v) is 7.49. The van der Waals surface area contributed by atoms with Crippen LogP contribution in [0.4, 0.5) is 4.79 Å². The molecule has 0 unspecified atom stereocenters. The first-order valence-electron chi connectivity index (χ1n) is 10.4. The molecule has 0 atom stereocenters. The maximum absolute atomic E-state index is 12.8. The number of carbonyl (C=O) groups excluding carboxylic acids is 3. The lowest BCUT2D eigenvalue weighted by Gasteiger charge is -2.15. The van der Waals surface area contributed by atoms with Gasteiger partial charge in [0, 0.05) is 13.1 Å². The van der Waals surface area contributed by atoms with E-state index in [4.69, 9.17) is 9.47 Å². The second kappa shape index (κ2) is 9.86. The molecule has 1 aliphatic rings. The van der Waals surface area contributed by atoms with Crippen LogP contribution in [0.25, 0.3) is 0 Å². The molecule has 168 valence electrons. The number of ether oxygens (including phenoxy) is 2. The van der Waals surface area contributed by atoms with Crippen LogP contribution < -0.4 is 20.1 Å². The lowest BCUT2D eigenvalue weighted by atomic mass is 10.1. The van der Waals surface area contributed by atoms with Gasteiger partial charge in [0.25, 0.3) is 5.91 Å². The minimum Gasteiger partial charge on any atom is -0.496 e. The number of nitrogens with zero attached hydrogens (tertiary/aromatic N) is 1. The molecule has 1 fully saturated rings. The van der Waals surface area contributed by atoms with Gasteiger partial charge in [0.05, 0.1) is 12.7 Å². The van der Waals surface area contributed by atoms with Crippen molar-refractivity contribution in [3.63, 3.8) is 0 Å². The number of carbonyl (C=O) groups is 3. The molecule has 8 nitrogen and oxygen atoms in total. The molecule has 2 N–H and O–H groups in total. The minimum absolute atomic E-state index is 0.00360. The minimum atomic E-state index is -0.443. The van der Waals surface area contributed by atoms with Gasteiger partial charge in [0.1, 0.15) is 23.8 Å². The molecule has 0 radical (unpaired) electrons. The van der Waals surface area contributed by atoms with Crippen molar-refractivity contribution >= 4 is 17.8 Å². The summed E-state index contributed by atoms with van der Waals surface area (Å²) in [6.45, 7) is 0.530. The number of para-hydroxylation sites is 1. The van der Waals surface area contributed by atoms with Gasteiger partial charge in [-0.25, -0.2) is 4.79 Å². The summed E-state index contributed by atoms with van der Waals surface area (Å²) in [6, 6.07) is 21.6. The molecule has 0 aliphatic carbocycles. The molecule has 0 aromatic heterocycles. The van der Waals surface area contributed by atoms with Crippen molar-refractivity contribution in [3.8, 4) is 17.2 Å². The maximum atomic E-state index is 12.8. The summed E-state index contributed by atoms with van der Waals surface area (Å²) in [5.41, 5.74) is 1.98. The first-order chi connectivity index (χ1) is 16.0. The Labute approximate surface area is 191 Å². The first kappa shape index (κ1) is 21.9. The van der Waals surface area contributed by atoms with Gasteiger partial charge in [-0.15, -0.1) is 0 Å². The fourth-order valence-electron chi connectivity index (χ4n) is 3.44. The van der Waals surface area contributed by atoms with E-state index < -0.39 is 6.03 Å². The topological polar surface area (TPSA) is 97.0 Å². The Balaban J connectivity index is 1.39. The van der Waals surface area contributed by atoms with Crippen LogP contribution in [0.15, 0.2) is 72.8 Å². The van der Waals surface area contributed by atoms with Crippen LogP contribution in [0, 0.1) is 0 Å². The third kappa shape index (κ3) is 5.48. The zero-order valence-corrected chi connectivity index (χ0v) is 18.0. The van der Waals surface area contributed by atoms with Crippen LogP contribution in [0.2, 0.25) is 0 Å². The number of nitrogens with one attached hydrogen (secondary N) is 2. The SMILES string of the molecule is COc1ccc(CN2CC(=O)NC2=O)cc1C(=O)NCc1ccc(Oc2ccccc2)cc1. The number of methoxy groups -OCH3 is 1. The van der Waals surface area contributed by atoms with E-state index in [-0.39, 0.29) is 24.9 Å². The van der Waals surface area contributed by atoms with Gasteiger partial charge >= 0.3 is 6.03 Å². The first-order valence-corrected chi connectivity index (χ1v) is 10.4. The normalized spacial score (nSPS) is 12.9. The molecule has 4 rings (SSSR count). The lowest BCUT2D eigenvalue weighted by molar-refractivity contribution is -0.118. The molecule has 3 aromatic carbocycles. The number of amides is 4. The largest absolute Gasteiger partial charge is 0.496 e. The Bertz CT molecular complexity index is 1160. The van der Waals surface area contributed by atoms with Crippen LogP contribution in [-0.4, -0.2) is 36.4 Å². The van der Waals surface area contributed by atoms with E-state index in [1.54, 1.807) is 18.2 Å². The average Bonchev–Trinajstić information content (AvgIpc) is 3.15. The van der Waals surface area contributed by atoms with Gasteiger partial charge in [-0.1, -0.05) is 36.4 Å². The predicted molar refractivity (Wildman–Crippen MR) is 121 cm³/mol. The summed E-state index contributed by atoms with van der Waals surface area (Å²) in [4.78, 5) is 37.4. The summed E-state index contributed by atoms with van der Waals surface area (Å²) >= 11 is 0. The quantitative estimate of drug-likeness (QED) is 0.518. The molecular formula is C25H23N3O5. The van der Waals surface area contributed by atoms with E-state index in [1.807, 2.05) is 54.6 Å². The number of hydrogen-bond donors (Lipinski definition) is 2. The van der Waals surface area contributed by atoms with Crippen molar-refractivity contribution in [1.82, 2.24) is 15.5 Å². The second-order valence-electron chi connectivity index (χ2n) is 7.49. The van der Waals surface area contributed by atoms with E-state index in [0.29, 0.717) is 29.2 Å². The molecule has 1 aliphatic heterocycles. The standard InChI is InChI=1S/C25H23N3O5/c1-32-22-12-9-18(15-28-16-23(29)27-25(28)31)13-21(22)24(30)26-14-17-7-10-20(11-8-17)33-19-5-3-2-4-6-19/h2-13H,14-16H2,1H3,(H,26,30)(H,27,29,31). The van der Waals surface area contributed by atoms with Gasteiger partial charge in [0.2, 0.25) is 5.91 Å². The van der Waals surface area contributed by atoms with E-state index in [2.05, 4.69) is 10.6 Å². The summed E-state index contributed by atoms with van der Waals surface area (Å²) in [5.74, 6) is 1.23. The third-order valence-corrected chi connectivity index (χ3v) is 5.11. The van der Waals surface area contributed by atoms with E-state index in [9.17, 15) is 14.4 Å². The average molecular weight is 445 g/mol.